The van der Waals surface area contributed by atoms with Gasteiger partial charge in [0.2, 0.25) is 0 Å². The highest BCUT2D eigenvalue weighted by molar-refractivity contribution is 7.21. The molecule has 3 aromatic rings. The number of pyridine rings is 1. The Morgan fingerprint density at radius 2 is 2.14 bits per heavy atom. The standard InChI is InChI=1S/C15H8ClNO3S/c16-9-3-1-2-8(4-9)12-6-17-13(15(19)20)14-11(12)5-10(7-18)21-14/h1-7H,(H,19,20). The molecule has 0 amide bonds. The van der Waals surface area contributed by atoms with Gasteiger partial charge in [-0.2, -0.15) is 0 Å². The molecule has 21 heavy (non-hydrogen) atoms. The summed E-state index contributed by atoms with van der Waals surface area (Å²) in [5.74, 6) is -1.11. The Balaban J connectivity index is 2.34. The first kappa shape index (κ1) is 13.7. The molecule has 3 rings (SSSR count). The summed E-state index contributed by atoms with van der Waals surface area (Å²) in [6.45, 7) is 0. The molecule has 4 nitrogen and oxygen atoms in total. The molecule has 2 heterocycles. The molecule has 1 aromatic carbocycles. The van der Waals surface area contributed by atoms with Gasteiger partial charge >= 0.3 is 5.97 Å². The number of carbonyl (C=O) groups excluding carboxylic acids is 1. The van der Waals surface area contributed by atoms with Crippen molar-refractivity contribution in [3.8, 4) is 11.1 Å². The Bertz CT molecular complexity index is 872. The quantitative estimate of drug-likeness (QED) is 0.738. The third-order valence-corrected chi connectivity index (χ3v) is 4.34. The van der Waals surface area contributed by atoms with Crippen LogP contribution >= 0.6 is 22.9 Å². The maximum absolute atomic E-state index is 11.2. The van der Waals surface area contributed by atoms with Crippen LogP contribution in [0.5, 0.6) is 0 Å². The Morgan fingerprint density at radius 3 is 2.81 bits per heavy atom. The average molecular weight is 318 g/mol. The van der Waals surface area contributed by atoms with Crippen molar-refractivity contribution >= 4 is 45.3 Å². The van der Waals surface area contributed by atoms with Crippen molar-refractivity contribution in [2.45, 2.75) is 0 Å². The molecule has 0 radical (unpaired) electrons. The summed E-state index contributed by atoms with van der Waals surface area (Å²) in [5, 5.41) is 10.5. The fraction of sp³-hybridized carbons (Fsp3) is 0. The minimum atomic E-state index is -1.11. The molecular formula is C15H8ClNO3S. The zero-order chi connectivity index (χ0) is 15.0. The highest BCUT2D eigenvalue weighted by Crippen LogP contribution is 2.35. The van der Waals surface area contributed by atoms with Crippen molar-refractivity contribution in [3.63, 3.8) is 0 Å². The molecule has 0 aliphatic heterocycles. The van der Waals surface area contributed by atoms with Crippen molar-refractivity contribution in [2.75, 3.05) is 0 Å². The van der Waals surface area contributed by atoms with Crippen LogP contribution in [0.15, 0.2) is 36.5 Å². The Labute approximate surface area is 128 Å². The van der Waals surface area contributed by atoms with Gasteiger partial charge in [0.05, 0.1) is 9.58 Å². The number of carbonyl (C=O) groups is 2. The summed E-state index contributed by atoms with van der Waals surface area (Å²) in [5.41, 5.74) is 1.53. The second kappa shape index (κ2) is 5.27. The smallest absolute Gasteiger partial charge is 0.355 e. The molecule has 0 spiro atoms. The molecule has 0 saturated heterocycles. The monoisotopic (exact) mass is 317 g/mol. The van der Waals surface area contributed by atoms with Crippen molar-refractivity contribution in [2.24, 2.45) is 0 Å². The number of hydrogen-bond acceptors (Lipinski definition) is 4. The van der Waals surface area contributed by atoms with E-state index in [1.54, 1.807) is 18.2 Å². The molecule has 104 valence electrons. The molecule has 0 bridgehead atoms. The molecule has 0 unspecified atom stereocenters. The van der Waals surface area contributed by atoms with E-state index in [2.05, 4.69) is 4.98 Å². The van der Waals surface area contributed by atoms with Crippen molar-refractivity contribution in [1.82, 2.24) is 4.98 Å². The molecule has 0 atom stereocenters. The van der Waals surface area contributed by atoms with Gasteiger partial charge in [0.1, 0.15) is 0 Å². The predicted octanol–water partition coefficient (Wildman–Crippen LogP) is 4.13. The number of aromatic nitrogens is 1. The summed E-state index contributed by atoms with van der Waals surface area (Å²) in [6, 6.07) is 8.88. The van der Waals surface area contributed by atoms with Crippen LogP contribution in [0.2, 0.25) is 5.02 Å². The molecule has 0 aliphatic carbocycles. The summed E-state index contributed by atoms with van der Waals surface area (Å²) in [7, 11) is 0. The lowest BCUT2D eigenvalue weighted by Crippen LogP contribution is -2.00. The van der Waals surface area contributed by atoms with Gasteiger partial charge in [-0.1, -0.05) is 23.7 Å². The third-order valence-electron chi connectivity index (χ3n) is 3.03. The maximum atomic E-state index is 11.2. The van der Waals surface area contributed by atoms with E-state index in [0.29, 0.717) is 26.3 Å². The summed E-state index contributed by atoms with van der Waals surface area (Å²) in [6.07, 6.45) is 2.21. The van der Waals surface area contributed by atoms with Gasteiger partial charge in [0, 0.05) is 22.2 Å². The highest BCUT2D eigenvalue weighted by Gasteiger charge is 2.17. The predicted molar refractivity (Wildman–Crippen MR) is 82.4 cm³/mol. The van der Waals surface area contributed by atoms with E-state index in [4.69, 9.17) is 11.6 Å². The first-order chi connectivity index (χ1) is 10.1. The summed E-state index contributed by atoms with van der Waals surface area (Å²) < 4.78 is 0.488. The van der Waals surface area contributed by atoms with Crippen LogP contribution in [-0.4, -0.2) is 22.3 Å². The number of aldehydes is 1. The molecule has 0 saturated carbocycles. The second-order valence-electron chi connectivity index (χ2n) is 4.35. The molecule has 0 aliphatic rings. The highest BCUT2D eigenvalue weighted by atomic mass is 35.5. The molecule has 6 heteroatoms. The number of nitrogens with zero attached hydrogens (tertiary/aromatic N) is 1. The number of halogens is 1. The minimum Gasteiger partial charge on any atom is -0.476 e. The second-order valence-corrected chi connectivity index (χ2v) is 5.87. The number of thiophene rings is 1. The summed E-state index contributed by atoms with van der Waals surface area (Å²) >= 11 is 7.11. The fourth-order valence-corrected chi connectivity index (χ4v) is 3.31. The van der Waals surface area contributed by atoms with E-state index in [0.717, 1.165) is 22.5 Å². The average Bonchev–Trinajstić information content (AvgIpc) is 2.89. The first-order valence-electron chi connectivity index (χ1n) is 5.97. The van der Waals surface area contributed by atoms with Gasteiger partial charge in [-0.3, -0.25) is 4.79 Å². The Hall–Kier alpha value is -2.24. The van der Waals surface area contributed by atoms with E-state index in [9.17, 15) is 14.7 Å². The number of fused-ring (bicyclic) bond motifs is 1. The SMILES string of the molecule is O=Cc1cc2c(-c3cccc(Cl)c3)cnc(C(=O)O)c2s1. The van der Waals surface area contributed by atoms with Crippen LogP contribution in [0.25, 0.3) is 21.2 Å². The molecule has 2 aromatic heterocycles. The lowest BCUT2D eigenvalue weighted by molar-refractivity contribution is 0.0693. The van der Waals surface area contributed by atoms with Gasteiger partial charge < -0.3 is 5.11 Å². The normalized spacial score (nSPS) is 10.7. The molecule has 1 N–H and O–H groups in total. The lowest BCUT2D eigenvalue weighted by atomic mass is 10.0. The molecular weight excluding hydrogens is 310 g/mol. The Kier molecular flexibility index (Phi) is 3.45. The zero-order valence-corrected chi connectivity index (χ0v) is 12.1. The summed E-state index contributed by atoms with van der Waals surface area (Å²) in [4.78, 5) is 26.7. The van der Waals surface area contributed by atoms with E-state index >= 15 is 0 Å². The van der Waals surface area contributed by atoms with Crippen LogP contribution in [-0.2, 0) is 0 Å². The van der Waals surface area contributed by atoms with Gasteiger partial charge in [-0.25, -0.2) is 9.78 Å². The number of rotatable bonds is 3. The van der Waals surface area contributed by atoms with Crippen LogP contribution in [0.3, 0.4) is 0 Å². The van der Waals surface area contributed by atoms with Crippen LogP contribution in [0.1, 0.15) is 20.2 Å². The van der Waals surface area contributed by atoms with Crippen molar-refractivity contribution in [3.05, 3.63) is 52.1 Å². The number of carboxylic acids is 1. The fourth-order valence-electron chi connectivity index (χ4n) is 2.14. The minimum absolute atomic E-state index is 0.0473. The lowest BCUT2D eigenvalue weighted by Gasteiger charge is -2.05. The van der Waals surface area contributed by atoms with E-state index in [1.165, 1.54) is 6.20 Å². The van der Waals surface area contributed by atoms with Crippen molar-refractivity contribution in [1.29, 1.82) is 0 Å². The van der Waals surface area contributed by atoms with Crippen molar-refractivity contribution < 1.29 is 14.7 Å². The first-order valence-corrected chi connectivity index (χ1v) is 7.16. The zero-order valence-electron chi connectivity index (χ0n) is 10.5. The Morgan fingerprint density at radius 1 is 1.33 bits per heavy atom. The number of carboxylic acid groups (broad SMARTS) is 1. The van der Waals surface area contributed by atoms with E-state index < -0.39 is 5.97 Å². The van der Waals surface area contributed by atoms with Gasteiger partial charge in [0.25, 0.3) is 0 Å². The third kappa shape index (κ3) is 2.41. The van der Waals surface area contributed by atoms with E-state index in [1.807, 2.05) is 12.1 Å². The molecule has 0 fully saturated rings. The van der Waals surface area contributed by atoms with E-state index in [-0.39, 0.29) is 5.69 Å². The van der Waals surface area contributed by atoms with Crippen LogP contribution in [0, 0.1) is 0 Å². The van der Waals surface area contributed by atoms with Gasteiger partial charge in [-0.05, 0) is 23.8 Å². The number of aromatic carboxylic acids is 1. The number of hydrogen-bond donors (Lipinski definition) is 1. The number of benzene rings is 1. The van der Waals surface area contributed by atoms with Gasteiger partial charge in [-0.15, -0.1) is 11.3 Å². The maximum Gasteiger partial charge on any atom is 0.355 e. The largest absolute Gasteiger partial charge is 0.476 e. The van der Waals surface area contributed by atoms with Gasteiger partial charge in [0.15, 0.2) is 12.0 Å². The van der Waals surface area contributed by atoms with Crippen LogP contribution in [0.4, 0.5) is 0 Å². The topological polar surface area (TPSA) is 67.3 Å². The van der Waals surface area contributed by atoms with Crippen LogP contribution < -0.4 is 0 Å².